The number of aromatic amines is 1. The molecule has 1 atom stereocenters. The summed E-state index contributed by atoms with van der Waals surface area (Å²) in [4.78, 5) is 2.28. The Kier molecular flexibility index (Phi) is 7.06. The predicted molar refractivity (Wildman–Crippen MR) is 158 cm³/mol. The molecule has 2 aliphatic heterocycles. The lowest BCUT2D eigenvalue weighted by Crippen LogP contribution is -2.50. The monoisotopic (exact) mass is 610 g/mol. The number of hydrogen-bond donors (Lipinski definition) is 3. The normalized spacial score (nSPS) is 19.4. The molecule has 4 heterocycles. The van der Waals surface area contributed by atoms with Crippen molar-refractivity contribution in [2.75, 3.05) is 57.7 Å². The number of nitrogens with zero attached hydrogens (tertiary/aromatic N) is 3. The van der Waals surface area contributed by atoms with Crippen molar-refractivity contribution in [2.24, 2.45) is 0 Å². The molecule has 3 fully saturated rings. The molecule has 3 N–H and O–H groups in total. The van der Waals surface area contributed by atoms with Gasteiger partial charge in [-0.15, -0.1) is 0 Å². The molecule has 0 radical (unpaired) electrons. The Morgan fingerprint density at radius 1 is 0.953 bits per heavy atom. The van der Waals surface area contributed by atoms with Crippen molar-refractivity contribution >= 4 is 38.3 Å². The lowest BCUT2D eigenvalue weighted by Gasteiger charge is -2.43. The first kappa shape index (κ1) is 27.8. The van der Waals surface area contributed by atoms with Crippen molar-refractivity contribution in [2.45, 2.75) is 42.0 Å². The van der Waals surface area contributed by atoms with Gasteiger partial charge in [0.25, 0.3) is 10.0 Å². The summed E-state index contributed by atoms with van der Waals surface area (Å²) in [5.41, 5.74) is 2.95. The van der Waals surface area contributed by atoms with E-state index in [-0.39, 0.29) is 28.1 Å². The van der Waals surface area contributed by atoms with Crippen LogP contribution < -0.4 is 24.2 Å². The average molecular weight is 611 g/mol. The van der Waals surface area contributed by atoms with Gasteiger partial charge >= 0.3 is 0 Å². The van der Waals surface area contributed by atoms with E-state index < -0.39 is 10.0 Å². The second-order valence-electron chi connectivity index (χ2n) is 11.2. The van der Waals surface area contributed by atoms with E-state index in [9.17, 15) is 8.42 Å². The fourth-order valence-corrected chi connectivity index (χ4v) is 7.17. The van der Waals surface area contributed by atoms with Gasteiger partial charge in [0.2, 0.25) is 0 Å². The van der Waals surface area contributed by atoms with Crippen molar-refractivity contribution in [1.82, 2.24) is 20.3 Å². The topological polar surface area (TPSA) is 153 Å². The molecule has 14 heteroatoms. The van der Waals surface area contributed by atoms with Gasteiger partial charge in [-0.05, 0) is 43.0 Å². The van der Waals surface area contributed by atoms with E-state index in [0.29, 0.717) is 40.2 Å². The Hall–Kier alpha value is -4.01. The number of aromatic nitrogens is 3. The Morgan fingerprint density at radius 2 is 1.70 bits per heavy atom. The summed E-state index contributed by atoms with van der Waals surface area (Å²) in [6.07, 6.45) is 3.33. The van der Waals surface area contributed by atoms with Crippen LogP contribution in [0.4, 0.5) is 17.3 Å². The second-order valence-corrected chi connectivity index (χ2v) is 12.8. The molecule has 1 saturated carbocycles. The molecule has 43 heavy (non-hydrogen) atoms. The number of hydrogen-bond acceptors (Lipinski definition) is 11. The number of nitrogens with one attached hydrogen (secondary N) is 3. The van der Waals surface area contributed by atoms with Crippen LogP contribution in [0.2, 0.25) is 0 Å². The summed E-state index contributed by atoms with van der Waals surface area (Å²) in [5.74, 6) is 2.32. The SMILES string of the molecule is COc1cc2c(NS(=O)(=O)c3c(OC)cc(C4CN(C5CCOC5)C4)cc3OC)noc2cc1Nc1cc(C2CC2)n[nH]1. The Labute approximate surface area is 248 Å². The first-order valence-electron chi connectivity index (χ1n) is 14.3. The Balaban J connectivity index is 1.14. The van der Waals surface area contributed by atoms with E-state index in [1.54, 1.807) is 24.3 Å². The van der Waals surface area contributed by atoms with Gasteiger partial charge < -0.3 is 28.8 Å². The van der Waals surface area contributed by atoms with Crippen LogP contribution >= 0.6 is 0 Å². The van der Waals surface area contributed by atoms with E-state index in [4.69, 9.17) is 23.5 Å². The molecule has 228 valence electrons. The van der Waals surface area contributed by atoms with Crippen molar-refractivity contribution in [3.05, 3.63) is 41.6 Å². The maximum absolute atomic E-state index is 13.8. The van der Waals surface area contributed by atoms with Gasteiger partial charge in [0.05, 0.1) is 44.7 Å². The van der Waals surface area contributed by atoms with Crippen molar-refractivity contribution in [3.63, 3.8) is 0 Å². The van der Waals surface area contributed by atoms with E-state index in [1.807, 2.05) is 6.07 Å². The summed E-state index contributed by atoms with van der Waals surface area (Å²) in [6, 6.07) is 9.33. The van der Waals surface area contributed by atoms with Crippen LogP contribution in [0.15, 0.2) is 39.8 Å². The highest BCUT2D eigenvalue weighted by molar-refractivity contribution is 7.93. The number of ether oxygens (including phenoxy) is 4. The maximum Gasteiger partial charge on any atom is 0.270 e. The van der Waals surface area contributed by atoms with Gasteiger partial charge in [-0.25, -0.2) is 8.42 Å². The number of methoxy groups -OCH3 is 3. The van der Waals surface area contributed by atoms with Gasteiger partial charge in [-0.1, -0.05) is 5.16 Å². The quantitative estimate of drug-likeness (QED) is 0.224. The third-order valence-corrected chi connectivity index (χ3v) is 9.84. The highest BCUT2D eigenvalue weighted by atomic mass is 32.2. The van der Waals surface area contributed by atoms with E-state index in [0.717, 1.165) is 56.8 Å². The van der Waals surface area contributed by atoms with Crippen LogP contribution in [0.1, 0.15) is 42.4 Å². The summed E-state index contributed by atoms with van der Waals surface area (Å²) in [7, 11) is 0.208. The lowest BCUT2D eigenvalue weighted by atomic mass is 9.89. The van der Waals surface area contributed by atoms with E-state index >= 15 is 0 Å². The van der Waals surface area contributed by atoms with Gasteiger partial charge in [-0.2, -0.15) is 5.10 Å². The third kappa shape index (κ3) is 5.23. The predicted octanol–water partition coefficient (Wildman–Crippen LogP) is 4.19. The van der Waals surface area contributed by atoms with Crippen LogP contribution in [0.25, 0.3) is 11.0 Å². The molecule has 0 amide bonds. The first-order valence-corrected chi connectivity index (χ1v) is 15.8. The van der Waals surface area contributed by atoms with Gasteiger partial charge in [0.15, 0.2) is 16.3 Å². The van der Waals surface area contributed by atoms with Crippen LogP contribution in [-0.2, 0) is 14.8 Å². The summed E-state index contributed by atoms with van der Waals surface area (Å²) in [6.45, 7) is 3.30. The highest BCUT2D eigenvalue weighted by Crippen LogP contribution is 2.43. The summed E-state index contributed by atoms with van der Waals surface area (Å²) >= 11 is 0. The molecule has 0 bridgehead atoms. The minimum absolute atomic E-state index is 0.0130. The molecular formula is C29H34N6O7S. The number of likely N-dealkylation sites (tertiary alicyclic amines) is 1. The number of rotatable bonds is 11. The van der Waals surface area contributed by atoms with Crippen LogP contribution in [-0.4, -0.2) is 82.3 Å². The average Bonchev–Trinajstić information content (AvgIpc) is 3.31. The van der Waals surface area contributed by atoms with Crippen molar-refractivity contribution < 1.29 is 31.9 Å². The molecule has 2 aromatic carbocycles. The fourth-order valence-electron chi connectivity index (χ4n) is 5.85. The summed E-state index contributed by atoms with van der Waals surface area (Å²) < 4.78 is 58.0. The first-order chi connectivity index (χ1) is 20.9. The van der Waals surface area contributed by atoms with E-state index in [2.05, 4.69) is 30.3 Å². The van der Waals surface area contributed by atoms with Gasteiger partial charge in [0, 0.05) is 49.7 Å². The molecule has 3 aliphatic rings. The molecule has 1 unspecified atom stereocenters. The van der Waals surface area contributed by atoms with Crippen LogP contribution in [0.5, 0.6) is 17.2 Å². The smallest absolute Gasteiger partial charge is 0.270 e. The number of benzene rings is 2. The van der Waals surface area contributed by atoms with E-state index in [1.165, 1.54) is 21.3 Å². The largest absolute Gasteiger partial charge is 0.495 e. The third-order valence-electron chi connectivity index (χ3n) is 8.44. The number of H-pyrrole nitrogens is 1. The summed E-state index contributed by atoms with van der Waals surface area (Å²) in [5, 5.41) is 15.1. The molecule has 7 rings (SSSR count). The highest BCUT2D eigenvalue weighted by Gasteiger charge is 2.37. The minimum Gasteiger partial charge on any atom is -0.495 e. The van der Waals surface area contributed by atoms with Crippen LogP contribution in [0, 0.1) is 0 Å². The molecule has 2 saturated heterocycles. The molecule has 0 spiro atoms. The number of anilines is 3. The zero-order valence-corrected chi connectivity index (χ0v) is 25.0. The van der Waals surface area contributed by atoms with Crippen LogP contribution in [0.3, 0.4) is 0 Å². The zero-order chi connectivity index (χ0) is 29.7. The standard InChI is InChI=1S/C29H34N6O7S/c1-38-24-10-20-23(11-22(24)30-27-12-21(31-32-27)16-4-5-16)42-33-29(20)34-43(36,37)28-25(39-2)8-17(9-26(28)40-3)18-13-35(14-18)19-6-7-41-15-19/h8-12,16,18-19H,4-7,13-15H2,1-3H3,(H,33,34)(H2,30,31,32). The number of fused-ring (bicyclic) bond motifs is 1. The molecule has 1 aliphatic carbocycles. The molecule has 13 nitrogen and oxygen atoms in total. The zero-order valence-electron chi connectivity index (χ0n) is 24.2. The maximum atomic E-state index is 13.8. The van der Waals surface area contributed by atoms with Crippen molar-refractivity contribution in [1.29, 1.82) is 0 Å². The number of sulfonamides is 1. The second kappa shape index (κ2) is 10.9. The Morgan fingerprint density at radius 3 is 2.35 bits per heavy atom. The molecule has 4 aromatic rings. The minimum atomic E-state index is -4.21. The molecule has 2 aromatic heterocycles. The molecular weight excluding hydrogens is 576 g/mol. The Bertz CT molecular complexity index is 1730. The van der Waals surface area contributed by atoms with Crippen molar-refractivity contribution in [3.8, 4) is 17.2 Å². The lowest BCUT2D eigenvalue weighted by molar-refractivity contribution is 0.0774. The van der Waals surface area contributed by atoms with Gasteiger partial charge in [-0.3, -0.25) is 14.7 Å². The fraction of sp³-hybridized carbons (Fsp3) is 0.448. The van der Waals surface area contributed by atoms with Gasteiger partial charge in [0.1, 0.15) is 23.1 Å².